The van der Waals surface area contributed by atoms with Crippen LogP contribution in [0.5, 0.6) is 0 Å². The summed E-state index contributed by atoms with van der Waals surface area (Å²) in [6, 6.07) is 8.99. The summed E-state index contributed by atoms with van der Waals surface area (Å²) >= 11 is 1.71. The highest BCUT2D eigenvalue weighted by atomic mass is 32.1. The molecule has 20 heavy (non-hydrogen) atoms. The van der Waals surface area contributed by atoms with Gasteiger partial charge in [-0.1, -0.05) is 26.2 Å². The van der Waals surface area contributed by atoms with Crippen molar-refractivity contribution in [3.63, 3.8) is 0 Å². The van der Waals surface area contributed by atoms with Crippen LogP contribution in [0, 0.1) is 10.1 Å². The molecule has 0 saturated heterocycles. The van der Waals surface area contributed by atoms with Crippen molar-refractivity contribution in [3.05, 3.63) is 51.4 Å². The zero-order valence-corrected chi connectivity index (χ0v) is 12.5. The monoisotopic (exact) mass is 289 g/mol. The Morgan fingerprint density at radius 2 is 1.90 bits per heavy atom. The Labute approximate surface area is 123 Å². The van der Waals surface area contributed by atoms with Gasteiger partial charge in [-0.15, -0.1) is 11.3 Å². The average Bonchev–Trinajstić information content (AvgIpc) is 2.92. The lowest BCUT2D eigenvalue weighted by atomic mass is 10.1. The molecule has 0 bridgehead atoms. The van der Waals surface area contributed by atoms with Gasteiger partial charge < -0.3 is 0 Å². The number of thiophene rings is 1. The summed E-state index contributed by atoms with van der Waals surface area (Å²) in [5.74, 6) is 0. The molecule has 0 N–H and O–H groups in total. The summed E-state index contributed by atoms with van der Waals surface area (Å²) in [5.41, 5.74) is 2.57. The number of benzene rings is 1. The van der Waals surface area contributed by atoms with E-state index in [2.05, 4.69) is 18.4 Å². The van der Waals surface area contributed by atoms with Gasteiger partial charge in [0.2, 0.25) is 0 Å². The van der Waals surface area contributed by atoms with Crippen molar-refractivity contribution >= 4 is 17.0 Å². The molecule has 2 aromatic rings. The lowest BCUT2D eigenvalue weighted by molar-refractivity contribution is -0.384. The van der Waals surface area contributed by atoms with Gasteiger partial charge in [-0.3, -0.25) is 10.1 Å². The maximum absolute atomic E-state index is 10.6. The Bertz CT molecular complexity index is 560. The third kappa shape index (κ3) is 3.90. The number of unbranched alkanes of at least 4 members (excludes halogenated alkanes) is 3. The van der Waals surface area contributed by atoms with E-state index in [0.717, 1.165) is 12.0 Å². The second-order valence-electron chi connectivity index (χ2n) is 4.93. The van der Waals surface area contributed by atoms with Crippen molar-refractivity contribution in [1.82, 2.24) is 0 Å². The quantitative estimate of drug-likeness (QED) is 0.386. The van der Waals surface area contributed by atoms with Gasteiger partial charge >= 0.3 is 0 Å². The molecule has 0 unspecified atom stereocenters. The third-order valence-electron chi connectivity index (χ3n) is 3.34. The molecular formula is C16H19NO2S. The first kappa shape index (κ1) is 14.7. The average molecular weight is 289 g/mol. The summed E-state index contributed by atoms with van der Waals surface area (Å²) < 4.78 is 0. The second kappa shape index (κ2) is 7.20. The van der Waals surface area contributed by atoms with Crippen LogP contribution in [0.3, 0.4) is 0 Å². The molecule has 4 heteroatoms. The molecule has 106 valence electrons. The molecule has 0 saturated carbocycles. The molecule has 0 aliphatic carbocycles. The number of non-ortho nitro benzene ring substituents is 1. The van der Waals surface area contributed by atoms with Gasteiger partial charge in [0, 0.05) is 17.0 Å². The maximum atomic E-state index is 10.6. The Balaban J connectivity index is 1.99. The van der Waals surface area contributed by atoms with Crippen molar-refractivity contribution in [3.8, 4) is 10.4 Å². The first-order valence-corrected chi connectivity index (χ1v) is 7.91. The van der Waals surface area contributed by atoms with E-state index in [-0.39, 0.29) is 10.6 Å². The van der Waals surface area contributed by atoms with Crippen LogP contribution in [0.15, 0.2) is 35.7 Å². The topological polar surface area (TPSA) is 43.1 Å². The number of rotatable bonds is 7. The Morgan fingerprint density at radius 1 is 1.15 bits per heavy atom. The number of nitrogens with zero attached hydrogens (tertiary/aromatic N) is 1. The van der Waals surface area contributed by atoms with Crippen LogP contribution < -0.4 is 0 Å². The standard InChI is InChI=1S/C16H19NO2S/c1-2-3-4-5-6-13-11-16(20-12-13)14-7-9-15(10-8-14)17(18)19/h7-12H,2-6H2,1H3. The lowest BCUT2D eigenvalue weighted by Gasteiger charge is -1.98. The van der Waals surface area contributed by atoms with Gasteiger partial charge in [0.1, 0.15) is 0 Å². The zero-order valence-electron chi connectivity index (χ0n) is 11.7. The fraction of sp³-hybridized carbons (Fsp3) is 0.375. The minimum atomic E-state index is -0.364. The highest BCUT2D eigenvalue weighted by Crippen LogP contribution is 2.29. The predicted molar refractivity (Wildman–Crippen MR) is 84.3 cm³/mol. The van der Waals surface area contributed by atoms with E-state index in [1.165, 1.54) is 36.1 Å². The molecule has 0 amide bonds. The van der Waals surface area contributed by atoms with Gasteiger partial charge in [0.25, 0.3) is 5.69 Å². The molecule has 1 heterocycles. The molecule has 1 aromatic carbocycles. The van der Waals surface area contributed by atoms with Gasteiger partial charge in [0.15, 0.2) is 0 Å². The zero-order chi connectivity index (χ0) is 14.4. The molecule has 2 rings (SSSR count). The van der Waals surface area contributed by atoms with Crippen LogP contribution in [-0.4, -0.2) is 4.92 Å². The van der Waals surface area contributed by atoms with Crippen molar-refractivity contribution in [2.24, 2.45) is 0 Å². The molecular weight excluding hydrogens is 270 g/mol. The lowest BCUT2D eigenvalue weighted by Crippen LogP contribution is -1.86. The van der Waals surface area contributed by atoms with Crippen molar-refractivity contribution in [2.75, 3.05) is 0 Å². The Hall–Kier alpha value is -1.68. The van der Waals surface area contributed by atoms with E-state index >= 15 is 0 Å². The van der Waals surface area contributed by atoms with Crippen molar-refractivity contribution in [2.45, 2.75) is 39.0 Å². The number of hydrogen-bond donors (Lipinski definition) is 0. The molecule has 3 nitrogen and oxygen atoms in total. The molecule has 0 radical (unpaired) electrons. The fourth-order valence-corrected chi connectivity index (χ4v) is 3.12. The van der Waals surface area contributed by atoms with Crippen molar-refractivity contribution in [1.29, 1.82) is 0 Å². The smallest absolute Gasteiger partial charge is 0.258 e. The van der Waals surface area contributed by atoms with Crippen LogP contribution in [0.25, 0.3) is 10.4 Å². The number of aryl methyl sites for hydroxylation is 1. The van der Waals surface area contributed by atoms with E-state index in [1.807, 2.05) is 12.1 Å². The highest BCUT2D eigenvalue weighted by molar-refractivity contribution is 7.13. The molecule has 0 fully saturated rings. The summed E-state index contributed by atoms with van der Waals surface area (Å²) in [5, 5.41) is 12.8. The molecule has 0 aliphatic heterocycles. The largest absolute Gasteiger partial charge is 0.269 e. The summed E-state index contributed by atoms with van der Waals surface area (Å²) in [4.78, 5) is 11.5. The number of hydrogen-bond acceptors (Lipinski definition) is 3. The molecule has 0 atom stereocenters. The third-order valence-corrected chi connectivity index (χ3v) is 4.36. The fourth-order valence-electron chi connectivity index (χ4n) is 2.16. The summed E-state index contributed by atoms with van der Waals surface area (Å²) in [6.45, 7) is 2.22. The summed E-state index contributed by atoms with van der Waals surface area (Å²) in [6.07, 6.45) is 6.23. The van der Waals surface area contributed by atoms with Crippen LogP contribution in [-0.2, 0) is 6.42 Å². The van der Waals surface area contributed by atoms with E-state index in [4.69, 9.17) is 0 Å². The van der Waals surface area contributed by atoms with E-state index in [1.54, 1.807) is 23.5 Å². The minimum Gasteiger partial charge on any atom is -0.258 e. The van der Waals surface area contributed by atoms with Gasteiger partial charge in [-0.05, 0) is 47.5 Å². The van der Waals surface area contributed by atoms with Gasteiger partial charge in [-0.25, -0.2) is 0 Å². The predicted octanol–water partition coefficient (Wildman–Crippen LogP) is 5.45. The van der Waals surface area contributed by atoms with Gasteiger partial charge in [0.05, 0.1) is 4.92 Å². The minimum absolute atomic E-state index is 0.144. The Kier molecular flexibility index (Phi) is 5.30. The van der Waals surface area contributed by atoms with Gasteiger partial charge in [-0.2, -0.15) is 0 Å². The van der Waals surface area contributed by atoms with Crippen LogP contribution >= 0.6 is 11.3 Å². The molecule has 0 aliphatic rings. The van der Waals surface area contributed by atoms with E-state index in [9.17, 15) is 10.1 Å². The Morgan fingerprint density at radius 3 is 2.55 bits per heavy atom. The van der Waals surface area contributed by atoms with Crippen LogP contribution in [0.2, 0.25) is 0 Å². The van der Waals surface area contributed by atoms with E-state index < -0.39 is 0 Å². The first-order valence-electron chi connectivity index (χ1n) is 7.03. The SMILES string of the molecule is CCCCCCc1csc(-c2ccc([N+](=O)[O-])cc2)c1. The molecule has 1 aromatic heterocycles. The first-order chi connectivity index (χ1) is 9.70. The second-order valence-corrected chi connectivity index (χ2v) is 5.85. The van der Waals surface area contributed by atoms with Crippen molar-refractivity contribution < 1.29 is 4.92 Å². The van der Waals surface area contributed by atoms with Crippen LogP contribution in [0.1, 0.15) is 38.2 Å². The van der Waals surface area contributed by atoms with E-state index in [0.29, 0.717) is 0 Å². The maximum Gasteiger partial charge on any atom is 0.269 e. The highest BCUT2D eigenvalue weighted by Gasteiger charge is 2.07. The normalized spacial score (nSPS) is 10.7. The van der Waals surface area contributed by atoms with Crippen LogP contribution in [0.4, 0.5) is 5.69 Å². The number of nitro benzene ring substituents is 1. The summed E-state index contributed by atoms with van der Waals surface area (Å²) in [7, 11) is 0. The molecule has 0 spiro atoms. The number of nitro groups is 1.